The van der Waals surface area contributed by atoms with Crippen LogP contribution in [-0.4, -0.2) is 17.1 Å². The van der Waals surface area contributed by atoms with E-state index in [0.717, 1.165) is 18.6 Å². The minimum absolute atomic E-state index is 0.00224. The van der Waals surface area contributed by atoms with Crippen molar-refractivity contribution in [2.24, 2.45) is 10.9 Å². The summed E-state index contributed by atoms with van der Waals surface area (Å²) in [6.45, 7) is 0. The van der Waals surface area contributed by atoms with Gasteiger partial charge in [-0.2, -0.15) is 0 Å². The van der Waals surface area contributed by atoms with Gasteiger partial charge >= 0.3 is 0 Å². The highest BCUT2D eigenvalue weighted by Gasteiger charge is 2.17. The molecule has 0 bridgehead atoms. The third-order valence-electron chi connectivity index (χ3n) is 2.93. The quantitative estimate of drug-likeness (QED) is 0.377. The van der Waals surface area contributed by atoms with Gasteiger partial charge in [0.05, 0.1) is 11.1 Å². The fraction of sp³-hybridized carbons (Fsp3) is 0.417. The Hall–Kier alpha value is -1.42. The Morgan fingerprint density at radius 1 is 1.41 bits per heavy atom. The zero-order valence-electron chi connectivity index (χ0n) is 9.40. The molecular weight excluding hydrogens is 240 g/mol. The summed E-state index contributed by atoms with van der Waals surface area (Å²) in [5.74, 6) is 0.735. The highest BCUT2D eigenvalue weighted by Crippen LogP contribution is 2.27. The Morgan fingerprint density at radius 2 is 2.12 bits per heavy atom. The van der Waals surface area contributed by atoms with Crippen molar-refractivity contribution < 1.29 is 9.94 Å². The van der Waals surface area contributed by atoms with E-state index in [1.165, 1.54) is 12.8 Å². The van der Waals surface area contributed by atoms with Gasteiger partial charge in [0.2, 0.25) is 0 Å². The molecule has 0 atom stereocenters. The Balaban J connectivity index is 2.12. The lowest BCUT2D eigenvalue weighted by atomic mass is 10.2. The zero-order chi connectivity index (χ0) is 12.3. The summed E-state index contributed by atoms with van der Waals surface area (Å²) in [6, 6.07) is 5.19. The predicted molar refractivity (Wildman–Crippen MR) is 66.8 cm³/mol. The summed E-state index contributed by atoms with van der Waals surface area (Å²) >= 11 is 6.04. The number of oxime groups is 1. The predicted octanol–water partition coefficient (Wildman–Crippen LogP) is 2.76. The number of hydrogen-bond acceptors (Lipinski definition) is 3. The molecule has 0 aromatic heterocycles. The van der Waals surface area contributed by atoms with E-state index in [2.05, 4.69) is 5.16 Å². The molecule has 5 heteroatoms. The Labute approximate surface area is 105 Å². The number of halogens is 1. The molecule has 0 aliphatic heterocycles. The molecule has 1 aromatic carbocycles. The fourth-order valence-corrected chi connectivity index (χ4v) is 2.30. The number of ether oxygens (including phenoxy) is 1. The molecule has 92 valence electrons. The van der Waals surface area contributed by atoms with Crippen molar-refractivity contribution in [2.75, 3.05) is 0 Å². The Kier molecular flexibility index (Phi) is 3.74. The molecule has 0 unspecified atom stereocenters. The molecular formula is C12H15ClN2O2. The smallest absolute Gasteiger partial charge is 0.171 e. The van der Waals surface area contributed by atoms with Crippen LogP contribution in [0.15, 0.2) is 23.4 Å². The van der Waals surface area contributed by atoms with E-state index >= 15 is 0 Å². The van der Waals surface area contributed by atoms with Crippen LogP contribution in [0.5, 0.6) is 5.75 Å². The lowest BCUT2D eigenvalue weighted by molar-refractivity contribution is 0.210. The molecule has 1 aromatic rings. The van der Waals surface area contributed by atoms with Gasteiger partial charge in [0.25, 0.3) is 0 Å². The lowest BCUT2D eigenvalue weighted by Gasteiger charge is -2.13. The van der Waals surface area contributed by atoms with Crippen LogP contribution in [0.2, 0.25) is 5.02 Å². The zero-order valence-corrected chi connectivity index (χ0v) is 10.2. The summed E-state index contributed by atoms with van der Waals surface area (Å²) in [7, 11) is 0. The average Bonchev–Trinajstić information content (AvgIpc) is 2.81. The fourth-order valence-electron chi connectivity index (χ4n) is 2.03. The maximum atomic E-state index is 8.58. The third-order valence-corrected chi connectivity index (χ3v) is 3.24. The van der Waals surface area contributed by atoms with E-state index in [1.54, 1.807) is 18.2 Å². The molecule has 2 rings (SSSR count). The van der Waals surface area contributed by atoms with Gasteiger partial charge in [0, 0.05) is 5.56 Å². The van der Waals surface area contributed by atoms with Gasteiger partial charge in [-0.25, -0.2) is 0 Å². The van der Waals surface area contributed by atoms with Crippen LogP contribution in [0.3, 0.4) is 0 Å². The molecule has 0 amide bonds. The first-order valence-electron chi connectivity index (χ1n) is 5.65. The second kappa shape index (κ2) is 5.27. The van der Waals surface area contributed by atoms with Crippen LogP contribution in [0.25, 0.3) is 0 Å². The monoisotopic (exact) mass is 254 g/mol. The largest absolute Gasteiger partial charge is 0.490 e. The number of benzene rings is 1. The molecule has 1 aliphatic carbocycles. The molecule has 0 radical (unpaired) electrons. The van der Waals surface area contributed by atoms with Crippen molar-refractivity contribution in [3.63, 3.8) is 0 Å². The number of nitrogens with two attached hydrogens (primary N) is 1. The summed E-state index contributed by atoms with van der Waals surface area (Å²) in [6.07, 6.45) is 4.93. The highest BCUT2D eigenvalue weighted by molar-refractivity contribution is 6.34. The van der Waals surface area contributed by atoms with Gasteiger partial charge < -0.3 is 15.7 Å². The molecule has 4 nitrogen and oxygen atoms in total. The molecule has 1 saturated carbocycles. The molecule has 0 saturated heterocycles. The minimum atomic E-state index is 0.00224. The van der Waals surface area contributed by atoms with Gasteiger partial charge in [-0.1, -0.05) is 16.8 Å². The van der Waals surface area contributed by atoms with Crippen LogP contribution >= 0.6 is 11.6 Å². The molecule has 1 fully saturated rings. The topological polar surface area (TPSA) is 67.8 Å². The normalized spacial score (nSPS) is 17.4. The molecule has 1 aliphatic rings. The second-order valence-electron chi connectivity index (χ2n) is 4.15. The Morgan fingerprint density at radius 3 is 2.71 bits per heavy atom. The van der Waals surface area contributed by atoms with Crippen molar-refractivity contribution in [1.29, 1.82) is 0 Å². The van der Waals surface area contributed by atoms with Crippen LogP contribution in [0, 0.1) is 0 Å². The van der Waals surface area contributed by atoms with Crippen LogP contribution in [0.1, 0.15) is 31.2 Å². The molecule has 17 heavy (non-hydrogen) atoms. The van der Waals surface area contributed by atoms with Crippen molar-refractivity contribution >= 4 is 17.4 Å². The van der Waals surface area contributed by atoms with Gasteiger partial charge in [-0.05, 0) is 43.9 Å². The van der Waals surface area contributed by atoms with Gasteiger partial charge in [0.15, 0.2) is 5.84 Å². The summed E-state index contributed by atoms with van der Waals surface area (Å²) in [5.41, 5.74) is 5.99. The number of nitrogens with zero attached hydrogens (tertiary/aromatic N) is 1. The maximum absolute atomic E-state index is 8.58. The highest BCUT2D eigenvalue weighted by atomic mass is 35.5. The van der Waals surface area contributed by atoms with E-state index in [9.17, 15) is 0 Å². The third kappa shape index (κ3) is 2.82. The van der Waals surface area contributed by atoms with Crippen molar-refractivity contribution in [2.45, 2.75) is 31.8 Å². The van der Waals surface area contributed by atoms with Crippen molar-refractivity contribution in [3.05, 3.63) is 28.8 Å². The van der Waals surface area contributed by atoms with E-state index in [0.29, 0.717) is 16.7 Å². The van der Waals surface area contributed by atoms with Gasteiger partial charge in [-0.3, -0.25) is 0 Å². The summed E-state index contributed by atoms with van der Waals surface area (Å²) < 4.78 is 5.80. The minimum Gasteiger partial charge on any atom is -0.490 e. The lowest BCUT2D eigenvalue weighted by Crippen LogP contribution is -2.14. The van der Waals surface area contributed by atoms with Crippen LogP contribution in [0.4, 0.5) is 0 Å². The van der Waals surface area contributed by atoms with Crippen molar-refractivity contribution in [1.82, 2.24) is 0 Å². The number of hydrogen-bond donors (Lipinski definition) is 2. The number of rotatable bonds is 3. The standard InChI is InChI=1S/C12H15ClN2O2/c13-11-7-9(17-8-3-1-2-4-8)5-6-10(11)12(14)15-16/h5-8,16H,1-4H2,(H2,14,15). The van der Waals surface area contributed by atoms with E-state index < -0.39 is 0 Å². The first-order chi connectivity index (χ1) is 8.20. The summed E-state index contributed by atoms with van der Waals surface area (Å²) in [4.78, 5) is 0. The van der Waals surface area contributed by atoms with Gasteiger partial charge in [-0.15, -0.1) is 0 Å². The van der Waals surface area contributed by atoms with E-state index in [-0.39, 0.29) is 5.84 Å². The summed E-state index contributed by atoms with van der Waals surface area (Å²) in [5, 5.41) is 11.9. The number of amidine groups is 1. The maximum Gasteiger partial charge on any atom is 0.171 e. The van der Waals surface area contributed by atoms with E-state index in [4.69, 9.17) is 27.3 Å². The van der Waals surface area contributed by atoms with E-state index in [1.807, 2.05) is 0 Å². The first kappa shape index (κ1) is 12.0. The molecule has 0 heterocycles. The second-order valence-corrected chi connectivity index (χ2v) is 4.56. The first-order valence-corrected chi connectivity index (χ1v) is 6.02. The average molecular weight is 255 g/mol. The van der Waals surface area contributed by atoms with Crippen LogP contribution in [-0.2, 0) is 0 Å². The SMILES string of the molecule is NC(=NO)c1ccc(OC2CCCC2)cc1Cl. The van der Waals surface area contributed by atoms with Crippen LogP contribution < -0.4 is 10.5 Å². The molecule has 3 N–H and O–H groups in total. The van der Waals surface area contributed by atoms with Crippen molar-refractivity contribution in [3.8, 4) is 5.75 Å². The molecule has 0 spiro atoms. The van der Waals surface area contributed by atoms with Gasteiger partial charge in [0.1, 0.15) is 5.75 Å². The Bertz CT molecular complexity index is 429.